The van der Waals surface area contributed by atoms with E-state index in [1.54, 1.807) is 0 Å². The molecule has 0 aliphatic rings. The Labute approximate surface area is 479 Å². The highest BCUT2D eigenvalue weighted by molar-refractivity contribution is 5.71. The molecule has 0 aromatic carbocycles. The molecule has 0 radical (unpaired) electrons. The van der Waals surface area contributed by atoms with E-state index >= 15 is 0 Å². The van der Waals surface area contributed by atoms with Crippen molar-refractivity contribution in [3.05, 3.63) is 60.8 Å². The Balaban J connectivity index is 3.96. The summed E-state index contributed by atoms with van der Waals surface area (Å²) in [6.07, 6.45) is 84.4. The third-order valence-corrected chi connectivity index (χ3v) is 15.0. The van der Waals surface area contributed by atoms with E-state index in [4.69, 9.17) is 14.2 Å². The molecule has 0 rings (SSSR count). The molecular weight excluding hydrogens is 949 g/mol. The molecule has 0 spiro atoms. The number of ether oxygens (including phenoxy) is 3. The summed E-state index contributed by atoms with van der Waals surface area (Å²) in [5, 5.41) is 0. The summed E-state index contributed by atoms with van der Waals surface area (Å²) in [6, 6.07) is 0. The van der Waals surface area contributed by atoms with Crippen molar-refractivity contribution >= 4 is 17.9 Å². The molecule has 0 aliphatic heterocycles. The molecule has 1 unspecified atom stereocenters. The molecule has 0 fully saturated rings. The van der Waals surface area contributed by atoms with Gasteiger partial charge in [-0.15, -0.1) is 0 Å². The van der Waals surface area contributed by atoms with Crippen molar-refractivity contribution in [2.24, 2.45) is 0 Å². The second-order valence-electron chi connectivity index (χ2n) is 22.7. The number of unbranched alkanes of at least 4 members (excludes halogenated alkanes) is 41. The quantitative estimate of drug-likeness (QED) is 0.0261. The molecule has 0 N–H and O–H groups in total. The van der Waals surface area contributed by atoms with Crippen LogP contribution in [-0.2, 0) is 28.6 Å². The number of carbonyl (C=O) groups is 3. The number of allylic oxidation sites excluding steroid dienone is 10. The van der Waals surface area contributed by atoms with Crippen LogP contribution in [0.4, 0.5) is 0 Å². The van der Waals surface area contributed by atoms with Crippen LogP contribution in [0.25, 0.3) is 0 Å². The van der Waals surface area contributed by atoms with E-state index in [9.17, 15) is 14.4 Å². The Morgan fingerprint density at radius 2 is 0.506 bits per heavy atom. The van der Waals surface area contributed by atoms with Gasteiger partial charge in [-0.05, 0) is 83.5 Å². The summed E-state index contributed by atoms with van der Waals surface area (Å²) in [7, 11) is 0. The first-order chi connectivity index (χ1) is 38.0. The highest BCUT2D eigenvalue weighted by atomic mass is 16.6. The van der Waals surface area contributed by atoms with Gasteiger partial charge in [0.2, 0.25) is 0 Å². The van der Waals surface area contributed by atoms with E-state index in [1.807, 2.05) is 0 Å². The van der Waals surface area contributed by atoms with Gasteiger partial charge >= 0.3 is 17.9 Å². The molecule has 0 heterocycles. The fourth-order valence-corrected chi connectivity index (χ4v) is 9.96. The van der Waals surface area contributed by atoms with Crippen LogP contribution < -0.4 is 0 Å². The van der Waals surface area contributed by atoms with Crippen LogP contribution in [0.3, 0.4) is 0 Å². The van der Waals surface area contributed by atoms with Crippen LogP contribution >= 0.6 is 0 Å². The summed E-state index contributed by atoms with van der Waals surface area (Å²) in [6.45, 7) is 6.49. The number of rotatable bonds is 62. The van der Waals surface area contributed by atoms with Gasteiger partial charge in [-0.2, -0.15) is 0 Å². The van der Waals surface area contributed by atoms with Crippen molar-refractivity contribution in [1.29, 1.82) is 0 Å². The van der Waals surface area contributed by atoms with E-state index in [-0.39, 0.29) is 31.1 Å². The zero-order valence-electron chi connectivity index (χ0n) is 51.5. The monoisotopic (exact) mass is 1080 g/mol. The number of esters is 3. The van der Waals surface area contributed by atoms with Crippen LogP contribution in [0.2, 0.25) is 0 Å². The molecule has 6 heteroatoms. The Morgan fingerprint density at radius 3 is 0.805 bits per heavy atom. The molecule has 0 aliphatic carbocycles. The molecule has 6 nitrogen and oxygen atoms in total. The molecule has 0 aromatic rings. The zero-order chi connectivity index (χ0) is 55.7. The van der Waals surface area contributed by atoms with Gasteiger partial charge in [0, 0.05) is 19.3 Å². The fraction of sp³-hybridized carbons (Fsp3) is 0.817. The summed E-state index contributed by atoms with van der Waals surface area (Å²) in [5.41, 5.74) is 0. The minimum absolute atomic E-state index is 0.0703. The number of carbonyl (C=O) groups excluding carboxylic acids is 3. The SMILES string of the molecule is CC/C=C\C/C=C\C/C=C\C/C=C\CCCCCCCCCCCCCCCCCCC(=O)OCC(COC(=O)CCCCCCC)OC(=O)CCCCCCCCCCCCCCC/C=C\CCCCCCCCCC. The van der Waals surface area contributed by atoms with Gasteiger partial charge in [-0.25, -0.2) is 0 Å². The van der Waals surface area contributed by atoms with Crippen molar-refractivity contribution in [3.8, 4) is 0 Å². The van der Waals surface area contributed by atoms with E-state index in [1.165, 1.54) is 225 Å². The summed E-state index contributed by atoms with van der Waals surface area (Å²) < 4.78 is 16.8. The van der Waals surface area contributed by atoms with E-state index < -0.39 is 6.10 Å². The maximum Gasteiger partial charge on any atom is 0.306 e. The fourth-order valence-electron chi connectivity index (χ4n) is 9.96. The van der Waals surface area contributed by atoms with Crippen LogP contribution in [0.5, 0.6) is 0 Å². The first kappa shape index (κ1) is 74.1. The maximum atomic E-state index is 12.8. The lowest BCUT2D eigenvalue weighted by molar-refractivity contribution is -0.167. The van der Waals surface area contributed by atoms with Gasteiger partial charge in [-0.1, -0.05) is 313 Å². The minimum Gasteiger partial charge on any atom is -0.462 e. The van der Waals surface area contributed by atoms with Gasteiger partial charge in [0.15, 0.2) is 6.10 Å². The van der Waals surface area contributed by atoms with Crippen molar-refractivity contribution in [2.75, 3.05) is 13.2 Å². The first-order valence-electron chi connectivity index (χ1n) is 33.8. The molecule has 0 aromatic heterocycles. The summed E-state index contributed by atoms with van der Waals surface area (Å²) in [4.78, 5) is 38.0. The second kappa shape index (κ2) is 65.6. The third-order valence-electron chi connectivity index (χ3n) is 15.0. The predicted molar refractivity (Wildman–Crippen MR) is 335 cm³/mol. The average Bonchev–Trinajstić information content (AvgIpc) is 3.43. The minimum atomic E-state index is -0.769. The number of hydrogen-bond donors (Lipinski definition) is 0. The predicted octanol–water partition coefficient (Wildman–Crippen LogP) is 23.1. The van der Waals surface area contributed by atoms with Crippen molar-refractivity contribution < 1.29 is 28.6 Å². The number of hydrogen-bond acceptors (Lipinski definition) is 6. The Hall–Kier alpha value is -2.89. The molecule has 0 bridgehead atoms. The molecule has 77 heavy (non-hydrogen) atoms. The maximum absolute atomic E-state index is 12.8. The molecular formula is C71H128O6. The second-order valence-corrected chi connectivity index (χ2v) is 22.7. The first-order valence-corrected chi connectivity index (χ1v) is 33.8. The van der Waals surface area contributed by atoms with Crippen molar-refractivity contribution in [1.82, 2.24) is 0 Å². The lowest BCUT2D eigenvalue weighted by atomic mass is 10.0. The molecule has 448 valence electrons. The topological polar surface area (TPSA) is 78.9 Å². The van der Waals surface area contributed by atoms with Crippen LogP contribution in [0.15, 0.2) is 60.8 Å². The Bertz CT molecular complexity index is 1380. The van der Waals surface area contributed by atoms with E-state index in [0.717, 1.165) is 89.9 Å². The Morgan fingerprint density at radius 1 is 0.273 bits per heavy atom. The summed E-state index contributed by atoms with van der Waals surface area (Å²) in [5.74, 6) is -0.865. The van der Waals surface area contributed by atoms with Crippen LogP contribution in [0, 0.1) is 0 Å². The van der Waals surface area contributed by atoms with Gasteiger partial charge in [0.25, 0.3) is 0 Å². The lowest BCUT2D eigenvalue weighted by Gasteiger charge is -2.18. The zero-order valence-corrected chi connectivity index (χ0v) is 51.5. The largest absolute Gasteiger partial charge is 0.462 e. The standard InChI is InChI=1S/C71H128O6/c1-4-7-10-13-15-17-19-21-23-25-27-29-31-33-34-35-36-38-39-41-43-45-47-49-51-53-55-58-61-64-70(73)76-67-68(66-75-69(72)63-60-57-12-9-6-3)77-71(74)65-62-59-56-54-52-50-48-46-44-42-40-37-32-30-28-26-24-22-20-18-16-14-11-8-5-2/h7,10,15,17,21,23,26-29,68H,4-6,8-9,11-14,16,18-20,22,24-25,30-67H2,1-3H3/b10-7-,17-15-,23-21-,28-26-,29-27-. The van der Waals surface area contributed by atoms with Crippen LogP contribution in [0.1, 0.15) is 355 Å². The molecule has 1 atom stereocenters. The molecule has 0 saturated carbocycles. The lowest BCUT2D eigenvalue weighted by Crippen LogP contribution is -2.30. The van der Waals surface area contributed by atoms with E-state index in [2.05, 4.69) is 81.5 Å². The average molecular weight is 1080 g/mol. The highest BCUT2D eigenvalue weighted by Crippen LogP contribution is 2.18. The van der Waals surface area contributed by atoms with E-state index in [0.29, 0.717) is 19.3 Å². The van der Waals surface area contributed by atoms with Gasteiger partial charge in [0.1, 0.15) is 13.2 Å². The smallest absolute Gasteiger partial charge is 0.306 e. The van der Waals surface area contributed by atoms with Gasteiger partial charge in [0.05, 0.1) is 0 Å². The third kappa shape index (κ3) is 63.8. The highest BCUT2D eigenvalue weighted by Gasteiger charge is 2.19. The molecule has 0 amide bonds. The van der Waals surface area contributed by atoms with Gasteiger partial charge in [-0.3, -0.25) is 14.4 Å². The van der Waals surface area contributed by atoms with Gasteiger partial charge < -0.3 is 14.2 Å². The van der Waals surface area contributed by atoms with Crippen molar-refractivity contribution in [3.63, 3.8) is 0 Å². The van der Waals surface area contributed by atoms with Crippen LogP contribution in [-0.4, -0.2) is 37.2 Å². The Kier molecular flexibility index (Phi) is 63.2. The van der Waals surface area contributed by atoms with Crippen molar-refractivity contribution in [2.45, 2.75) is 361 Å². The normalized spacial score (nSPS) is 12.4. The summed E-state index contributed by atoms with van der Waals surface area (Å²) >= 11 is 0. The molecule has 0 saturated heterocycles.